The average Bonchev–Trinajstić information content (AvgIpc) is 2.62. The summed E-state index contributed by atoms with van der Waals surface area (Å²) in [7, 11) is -3.49. The Balaban J connectivity index is 4.48. The summed E-state index contributed by atoms with van der Waals surface area (Å²) < 4.78 is 124. The van der Waals surface area contributed by atoms with Crippen LogP contribution in [-0.4, -0.2) is 72.3 Å². The van der Waals surface area contributed by atoms with Crippen molar-refractivity contribution in [3.05, 3.63) is 12.2 Å². The van der Waals surface area contributed by atoms with Crippen LogP contribution in [0.2, 0.25) is 38.8 Å². The first kappa shape index (κ1) is 33.5. The van der Waals surface area contributed by atoms with Crippen molar-refractivity contribution in [2.24, 2.45) is 0 Å². The second-order valence-electron chi connectivity index (χ2n) is 9.17. The van der Waals surface area contributed by atoms with Gasteiger partial charge in [-0.2, -0.15) is 35.1 Å². The maximum atomic E-state index is 13.3. The quantitative estimate of drug-likeness (QED) is 0.0850. The van der Waals surface area contributed by atoms with Crippen molar-refractivity contribution in [1.29, 1.82) is 0 Å². The summed E-state index contributed by atoms with van der Waals surface area (Å²) in [6, 6.07) is 0.841. The number of hydrogen-bond acceptors (Lipinski definition) is 6. The Morgan fingerprint density at radius 3 is 1.77 bits per heavy atom. The highest BCUT2D eigenvalue weighted by atomic mass is 28.4. The van der Waals surface area contributed by atoms with Gasteiger partial charge in [-0.05, 0) is 45.2 Å². The van der Waals surface area contributed by atoms with Crippen molar-refractivity contribution >= 4 is 28.6 Å². The number of hydrogen-bond donors (Lipinski definition) is 0. The third-order valence-electron chi connectivity index (χ3n) is 4.02. The molecule has 35 heavy (non-hydrogen) atoms. The van der Waals surface area contributed by atoms with Crippen LogP contribution in [0.1, 0.15) is 13.3 Å². The molecule has 0 aromatic carbocycles. The van der Waals surface area contributed by atoms with E-state index in [1.54, 1.807) is 0 Å². The molecule has 16 heteroatoms. The molecular formula is C19H30F8O6Si2. The van der Waals surface area contributed by atoms with Crippen LogP contribution >= 0.6 is 0 Å². The van der Waals surface area contributed by atoms with Crippen LogP contribution in [0.25, 0.3) is 0 Å². The van der Waals surface area contributed by atoms with Crippen LogP contribution in [0, 0.1) is 0 Å². The largest absolute Gasteiger partial charge is 0.473 e. The minimum absolute atomic E-state index is 0.0501. The van der Waals surface area contributed by atoms with Gasteiger partial charge in [-0.15, -0.1) is 0 Å². The number of ether oxygens (including phenoxy) is 3. The Labute approximate surface area is 200 Å². The van der Waals surface area contributed by atoms with Gasteiger partial charge in [0.2, 0.25) is 0 Å². The number of carbonyl (C=O) groups excluding carboxylic acids is 2. The molecule has 0 atom stereocenters. The molecule has 0 unspecified atom stereocenters. The van der Waals surface area contributed by atoms with Crippen molar-refractivity contribution < 1.29 is 63.0 Å². The van der Waals surface area contributed by atoms with Gasteiger partial charge in [0.15, 0.2) is 16.6 Å². The summed E-state index contributed by atoms with van der Waals surface area (Å²) in [4.78, 5) is 22.6. The van der Waals surface area contributed by atoms with Gasteiger partial charge in [0.05, 0.1) is 6.61 Å². The van der Waals surface area contributed by atoms with Gasteiger partial charge in [0, 0.05) is 25.7 Å². The van der Waals surface area contributed by atoms with E-state index in [-0.39, 0.29) is 25.4 Å². The molecule has 0 saturated carbocycles. The topological polar surface area (TPSA) is 71.1 Å². The van der Waals surface area contributed by atoms with Crippen molar-refractivity contribution in [2.45, 2.75) is 76.0 Å². The fraction of sp³-hybridized carbons (Fsp3) is 0.789. The van der Waals surface area contributed by atoms with Crippen LogP contribution in [0.5, 0.6) is 0 Å². The van der Waals surface area contributed by atoms with Crippen LogP contribution in [0.4, 0.5) is 35.1 Å². The molecule has 0 fully saturated rings. The molecule has 0 aromatic heterocycles. The molecule has 0 aromatic rings. The molecular weight excluding hydrogens is 532 g/mol. The zero-order valence-corrected chi connectivity index (χ0v) is 22.2. The third-order valence-corrected chi connectivity index (χ3v) is 10.2. The van der Waals surface area contributed by atoms with Crippen molar-refractivity contribution in [2.75, 3.05) is 19.8 Å². The summed E-state index contributed by atoms with van der Waals surface area (Å²) in [6.45, 7) is 9.73. The SMILES string of the molecule is CC(F)(F)C(F)(F)C(F)(F)C(F)(F)OC(=O)/C=C/C(=O)OCCOCCC[Si](C)(C)O[Si](C)(C)C. The van der Waals surface area contributed by atoms with Crippen LogP contribution in [0.3, 0.4) is 0 Å². The first-order valence-corrected chi connectivity index (χ1v) is 16.8. The van der Waals surface area contributed by atoms with Gasteiger partial charge in [-0.25, -0.2) is 9.59 Å². The molecule has 0 amide bonds. The molecule has 0 aliphatic rings. The van der Waals surface area contributed by atoms with Crippen LogP contribution < -0.4 is 0 Å². The molecule has 0 rings (SSSR count). The van der Waals surface area contributed by atoms with Crippen molar-refractivity contribution in [1.82, 2.24) is 0 Å². The Bertz CT molecular complexity index is 749. The Morgan fingerprint density at radius 2 is 1.29 bits per heavy atom. The van der Waals surface area contributed by atoms with Gasteiger partial charge in [-0.3, -0.25) is 0 Å². The number of carbonyl (C=O) groups is 2. The van der Waals surface area contributed by atoms with E-state index in [4.69, 9.17) is 8.85 Å². The predicted molar refractivity (Wildman–Crippen MR) is 114 cm³/mol. The van der Waals surface area contributed by atoms with Gasteiger partial charge in [0.1, 0.15) is 6.61 Å². The molecule has 0 aliphatic heterocycles. The van der Waals surface area contributed by atoms with E-state index < -0.39 is 59.4 Å². The zero-order valence-electron chi connectivity index (χ0n) is 20.2. The van der Waals surface area contributed by atoms with E-state index in [0.29, 0.717) is 13.0 Å². The van der Waals surface area contributed by atoms with Gasteiger partial charge in [0.25, 0.3) is 0 Å². The lowest BCUT2D eigenvalue weighted by Gasteiger charge is -2.34. The lowest BCUT2D eigenvalue weighted by atomic mass is 10.1. The van der Waals surface area contributed by atoms with E-state index in [2.05, 4.69) is 42.2 Å². The molecule has 0 saturated heterocycles. The van der Waals surface area contributed by atoms with Crippen LogP contribution in [0.15, 0.2) is 12.2 Å². The normalized spacial score (nSPS) is 14.3. The standard InChI is InChI=1S/C19H30F8O6Si2/c1-16(20,21)17(22,23)18(24,25)19(26,27)32-15(29)9-8-14(28)31-12-11-30-10-7-13-35(5,6)33-34(2,3)4/h8-9H,7,10-13H2,1-6H3/b9-8+. The lowest BCUT2D eigenvalue weighted by molar-refractivity contribution is -0.413. The van der Waals surface area contributed by atoms with E-state index in [1.807, 2.05) is 0 Å². The van der Waals surface area contributed by atoms with E-state index in [0.717, 1.165) is 6.04 Å². The fourth-order valence-corrected chi connectivity index (χ4v) is 10.7. The molecule has 0 bridgehead atoms. The Hall–Kier alpha value is -1.53. The summed E-state index contributed by atoms with van der Waals surface area (Å²) in [6.07, 6.45) is -5.52. The molecule has 206 valence electrons. The van der Waals surface area contributed by atoms with Crippen LogP contribution in [-0.2, 0) is 27.9 Å². The number of alkyl halides is 8. The van der Waals surface area contributed by atoms with E-state index >= 15 is 0 Å². The number of rotatable bonds is 15. The van der Waals surface area contributed by atoms with E-state index in [9.17, 15) is 44.7 Å². The maximum absolute atomic E-state index is 13.3. The number of esters is 2. The first-order valence-electron chi connectivity index (χ1n) is 10.3. The van der Waals surface area contributed by atoms with Gasteiger partial charge < -0.3 is 18.3 Å². The lowest BCUT2D eigenvalue weighted by Crippen LogP contribution is -2.62. The third kappa shape index (κ3) is 11.0. The van der Waals surface area contributed by atoms with E-state index in [1.165, 1.54) is 0 Å². The monoisotopic (exact) mass is 562 g/mol. The Kier molecular flexibility index (Phi) is 11.6. The van der Waals surface area contributed by atoms with Gasteiger partial charge >= 0.3 is 35.8 Å². The Morgan fingerprint density at radius 1 is 0.771 bits per heavy atom. The second kappa shape index (κ2) is 12.1. The maximum Gasteiger partial charge on any atom is 0.473 e. The van der Waals surface area contributed by atoms with Gasteiger partial charge in [-0.1, -0.05) is 0 Å². The highest BCUT2D eigenvalue weighted by Gasteiger charge is 2.81. The van der Waals surface area contributed by atoms with Crippen molar-refractivity contribution in [3.63, 3.8) is 0 Å². The first-order chi connectivity index (χ1) is 15.5. The summed E-state index contributed by atoms with van der Waals surface area (Å²) in [5.41, 5.74) is 0. The summed E-state index contributed by atoms with van der Waals surface area (Å²) in [5.74, 6) is -22.5. The molecule has 6 nitrogen and oxygen atoms in total. The summed E-state index contributed by atoms with van der Waals surface area (Å²) in [5, 5.41) is 0. The van der Waals surface area contributed by atoms with Crippen molar-refractivity contribution in [3.8, 4) is 0 Å². The molecule has 0 aliphatic carbocycles. The molecule has 0 radical (unpaired) electrons. The highest BCUT2D eigenvalue weighted by Crippen LogP contribution is 2.52. The average molecular weight is 563 g/mol. The highest BCUT2D eigenvalue weighted by molar-refractivity contribution is 6.84. The number of halogens is 8. The molecule has 0 heterocycles. The zero-order chi connectivity index (χ0) is 27.9. The summed E-state index contributed by atoms with van der Waals surface area (Å²) >= 11 is 0. The smallest absolute Gasteiger partial charge is 0.460 e. The fourth-order valence-electron chi connectivity index (χ4n) is 2.65. The molecule has 0 N–H and O–H groups in total. The second-order valence-corrected chi connectivity index (χ2v) is 18.2. The minimum atomic E-state index is -6.75. The minimum Gasteiger partial charge on any atom is -0.460 e. The molecule has 0 spiro atoms. The predicted octanol–water partition coefficient (Wildman–Crippen LogP) is 5.61.